The largest absolute Gasteiger partial charge is 0.491 e. The van der Waals surface area contributed by atoms with E-state index in [0.717, 1.165) is 43.3 Å². The number of piperidine rings is 1. The van der Waals surface area contributed by atoms with E-state index in [9.17, 15) is 18.8 Å². The molecule has 0 radical (unpaired) electrons. The lowest BCUT2D eigenvalue weighted by molar-refractivity contribution is -0.136. The molecule has 5 aromatic rings. The van der Waals surface area contributed by atoms with Crippen LogP contribution in [0.2, 0.25) is 0 Å². The minimum Gasteiger partial charge on any atom is -0.491 e. The van der Waals surface area contributed by atoms with Gasteiger partial charge in [0.25, 0.3) is 5.91 Å². The van der Waals surface area contributed by atoms with Crippen LogP contribution in [-0.2, 0) is 20.9 Å². The Morgan fingerprint density at radius 2 is 1.77 bits per heavy atom. The SMILES string of the molecule is O=C1CCC(N2Cc3cc(OCCOCCNc4ccc(-c5ccc(-c6nc7ccc(F)cc7s6)cc5)cn4)ccc3C2=O)C(=O)N1. The van der Waals surface area contributed by atoms with E-state index in [4.69, 9.17) is 9.47 Å². The number of halogens is 1. The average molecular weight is 652 g/mol. The number of amides is 3. The molecule has 3 aromatic carbocycles. The predicted octanol–water partition coefficient (Wildman–Crippen LogP) is 5.43. The minimum atomic E-state index is -0.642. The summed E-state index contributed by atoms with van der Waals surface area (Å²) in [4.78, 5) is 47.2. The number of fused-ring (bicyclic) bond motifs is 2. The fraction of sp³-hybridized carbons (Fsp3) is 0.229. The Hall–Kier alpha value is -5.20. The molecule has 7 rings (SSSR count). The molecular weight excluding hydrogens is 621 g/mol. The summed E-state index contributed by atoms with van der Waals surface area (Å²) in [6.45, 7) is 2.07. The lowest BCUT2D eigenvalue weighted by Crippen LogP contribution is -2.52. The molecule has 1 unspecified atom stereocenters. The fourth-order valence-corrected chi connectivity index (χ4v) is 6.70. The van der Waals surface area contributed by atoms with Gasteiger partial charge in [-0.25, -0.2) is 14.4 Å². The van der Waals surface area contributed by atoms with E-state index in [1.807, 2.05) is 48.7 Å². The van der Waals surface area contributed by atoms with Gasteiger partial charge in [0, 0.05) is 42.4 Å². The second-order valence-corrected chi connectivity index (χ2v) is 12.3. The molecule has 1 saturated heterocycles. The third-order valence-corrected chi connectivity index (χ3v) is 9.19. The highest BCUT2D eigenvalue weighted by Crippen LogP contribution is 2.32. The van der Waals surface area contributed by atoms with Gasteiger partial charge in [-0.05, 0) is 66.1 Å². The lowest BCUT2D eigenvalue weighted by atomic mass is 10.0. The van der Waals surface area contributed by atoms with Crippen LogP contribution in [0.4, 0.5) is 10.2 Å². The van der Waals surface area contributed by atoms with E-state index in [1.165, 1.54) is 28.4 Å². The molecule has 2 aromatic heterocycles. The van der Waals surface area contributed by atoms with Gasteiger partial charge in [0.15, 0.2) is 0 Å². The molecular formula is C35H30FN5O5S. The summed E-state index contributed by atoms with van der Waals surface area (Å²) in [5.74, 6) is 0.155. The molecule has 2 N–H and O–H groups in total. The van der Waals surface area contributed by atoms with E-state index in [2.05, 4.69) is 20.6 Å². The number of nitrogens with one attached hydrogen (secondary N) is 2. The van der Waals surface area contributed by atoms with Crippen LogP contribution in [0.5, 0.6) is 5.75 Å². The standard InChI is InChI=1S/C35H30FN5O5S/c36-25-6-9-28-30(18-25)47-34(39-28)22-3-1-21(2-4-22)23-5-11-31(38-19-23)37-13-14-45-15-16-46-26-7-8-27-24(17-26)20-41(35(27)44)29-10-12-32(42)40-33(29)43/h1-9,11,17-19,29H,10,12-16,20H2,(H,37,38)(H,40,42,43). The molecule has 1 atom stereocenters. The van der Waals surface area contributed by atoms with Crippen molar-refractivity contribution in [3.63, 3.8) is 0 Å². The van der Waals surface area contributed by atoms with Crippen molar-refractivity contribution in [2.45, 2.75) is 25.4 Å². The molecule has 12 heteroatoms. The zero-order valence-corrected chi connectivity index (χ0v) is 26.0. The molecule has 1 fully saturated rings. The highest BCUT2D eigenvalue weighted by Gasteiger charge is 2.39. The maximum atomic E-state index is 13.5. The Kier molecular flexibility index (Phi) is 8.60. The number of ether oxygens (including phenoxy) is 2. The van der Waals surface area contributed by atoms with Gasteiger partial charge in [-0.1, -0.05) is 24.3 Å². The van der Waals surface area contributed by atoms with Crippen LogP contribution in [0.1, 0.15) is 28.8 Å². The second-order valence-electron chi connectivity index (χ2n) is 11.2. The number of thiazole rings is 1. The molecule has 4 heterocycles. The number of rotatable bonds is 11. The van der Waals surface area contributed by atoms with Gasteiger partial charge in [-0.2, -0.15) is 0 Å². The Balaban J connectivity index is 0.828. The maximum absolute atomic E-state index is 13.5. The Morgan fingerprint density at radius 3 is 2.57 bits per heavy atom. The van der Waals surface area contributed by atoms with Crippen molar-refractivity contribution < 1.29 is 28.2 Å². The van der Waals surface area contributed by atoms with Gasteiger partial charge in [0.1, 0.15) is 35.0 Å². The topological polar surface area (TPSA) is 123 Å². The van der Waals surface area contributed by atoms with E-state index in [-0.39, 0.29) is 24.1 Å². The molecule has 2 aliphatic heterocycles. The zero-order valence-electron chi connectivity index (χ0n) is 25.2. The molecule has 0 spiro atoms. The van der Waals surface area contributed by atoms with E-state index in [1.54, 1.807) is 18.2 Å². The maximum Gasteiger partial charge on any atom is 0.255 e. The Bertz CT molecular complexity index is 1960. The number of pyridine rings is 1. The third kappa shape index (κ3) is 6.69. The first-order valence-electron chi connectivity index (χ1n) is 15.3. The van der Waals surface area contributed by atoms with Gasteiger partial charge in [0.05, 0.1) is 23.4 Å². The summed E-state index contributed by atoms with van der Waals surface area (Å²) in [5.41, 5.74) is 5.13. The molecule has 2 aliphatic rings. The van der Waals surface area contributed by atoms with E-state index in [0.29, 0.717) is 50.6 Å². The number of hydrogen-bond acceptors (Lipinski definition) is 9. The first-order chi connectivity index (χ1) is 22.9. The number of carbonyl (C=O) groups is 3. The lowest BCUT2D eigenvalue weighted by Gasteiger charge is -2.29. The van der Waals surface area contributed by atoms with Crippen LogP contribution < -0.4 is 15.4 Å². The second kappa shape index (κ2) is 13.3. The van der Waals surface area contributed by atoms with Gasteiger partial charge >= 0.3 is 0 Å². The number of hydrogen-bond donors (Lipinski definition) is 2. The summed E-state index contributed by atoms with van der Waals surface area (Å²) in [6.07, 6.45) is 2.37. The van der Waals surface area contributed by atoms with Crippen LogP contribution in [0.3, 0.4) is 0 Å². The van der Waals surface area contributed by atoms with Crippen LogP contribution in [-0.4, -0.2) is 65.0 Å². The van der Waals surface area contributed by atoms with Gasteiger partial charge in [-0.3, -0.25) is 19.7 Å². The van der Waals surface area contributed by atoms with Crippen molar-refractivity contribution in [1.29, 1.82) is 0 Å². The van der Waals surface area contributed by atoms with Crippen molar-refractivity contribution in [2.24, 2.45) is 0 Å². The van der Waals surface area contributed by atoms with Gasteiger partial charge < -0.3 is 19.7 Å². The monoisotopic (exact) mass is 651 g/mol. The van der Waals surface area contributed by atoms with Crippen molar-refractivity contribution in [2.75, 3.05) is 31.7 Å². The number of carbonyl (C=O) groups excluding carboxylic acids is 3. The molecule has 238 valence electrons. The van der Waals surface area contributed by atoms with Crippen molar-refractivity contribution in [3.05, 3.63) is 95.9 Å². The van der Waals surface area contributed by atoms with Crippen LogP contribution in [0.25, 0.3) is 31.9 Å². The molecule has 47 heavy (non-hydrogen) atoms. The number of anilines is 1. The van der Waals surface area contributed by atoms with Crippen LogP contribution in [0.15, 0.2) is 79.0 Å². The quantitative estimate of drug-likeness (QED) is 0.143. The number of benzene rings is 3. The van der Waals surface area contributed by atoms with Crippen molar-refractivity contribution in [3.8, 4) is 27.4 Å². The van der Waals surface area contributed by atoms with Crippen LogP contribution >= 0.6 is 11.3 Å². The summed E-state index contributed by atoms with van der Waals surface area (Å²) in [5, 5.41) is 6.42. The summed E-state index contributed by atoms with van der Waals surface area (Å²) in [6, 6.07) is 21.3. The van der Waals surface area contributed by atoms with E-state index >= 15 is 0 Å². The van der Waals surface area contributed by atoms with E-state index < -0.39 is 11.9 Å². The first-order valence-corrected chi connectivity index (χ1v) is 16.1. The highest BCUT2D eigenvalue weighted by atomic mass is 32.1. The van der Waals surface area contributed by atoms with Gasteiger partial charge in [-0.15, -0.1) is 11.3 Å². The fourth-order valence-electron chi connectivity index (χ4n) is 5.71. The summed E-state index contributed by atoms with van der Waals surface area (Å²) in [7, 11) is 0. The smallest absolute Gasteiger partial charge is 0.255 e. The van der Waals surface area contributed by atoms with Crippen molar-refractivity contribution >= 4 is 45.1 Å². The first kappa shape index (κ1) is 30.5. The highest BCUT2D eigenvalue weighted by molar-refractivity contribution is 7.21. The molecule has 10 nitrogen and oxygen atoms in total. The number of nitrogens with zero attached hydrogens (tertiary/aromatic N) is 3. The summed E-state index contributed by atoms with van der Waals surface area (Å²) >= 11 is 1.47. The third-order valence-electron chi connectivity index (χ3n) is 8.12. The minimum absolute atomic E-state index is 0.211. The Labute approximate surface area is 273 Å². The average Bonchev–Trinajstić information content (AvgIpc) is 3.65. The normalized spacial score (nSPS) is 16.0. The number of aromatic nitrogens is 2. The molecule has 0 bridgehead atoms. The summed E-state index contributed by atoms with van der Waals surface area (Å²) < 4.78 is 25.9. The predicted molar refractivity (Wildman–Crippen MR) is 176 cm³/mol. The molecule has 0 saturated carbocycles. The van der Waals surface area contributed by atoms with Crippen molar-refractivity contribution in [1.82, 2.24) is 20.2 Å². The van der Waals surface area contributed by atoms with Crippen LogP contribution in [0, 0.1) is 5.82 Å². The Morgan fingerprint density at radius 1 is 0.936 bits per heavy atom. The molecule has 0 aliphatic carbocycles. The number of imide groups is 1. The zero-order chi connectivity index (χ0) is 32.3. The molecule has 3 amide bonds. The van der Waals surface area contributed by atoms with Gasteiger partial charge in [0.2, 0.25) is 11.8 Å².